The summed E-state index contributed by atoms with van der Waals surface area (Å²) in [6.45, 7) is 0. The predicted molar refractivity (Wildman–Crippen MR) is 109 cm³/mol. The standard InChI is InChI=1S/C20H10F4N4O3S/c21-14-4-2-1-3-12(14)17(30)31-11-7-5-10(6-8-11)9-13-15(25)28-19(26-16(13)29)32-18(27-28)20(22,23)24/h1-9,25H/b13-9-,25-15?. The fourth-order valence-corrected chi connectivity index (χ4v) is 3.45. The van der Waals surface area contributed by atoms with Gasteiger partial charge in [-0.15, -0.1) is 0 Å². The number of benzene rings is 2. The molecule has 0 atom stereocenters. The molecular formula is C20H10F4N4O3S. The molecule has 0 saturated carbocycles. The Morgan fingerprint density at radius 3 is 2.47 bits per heavy atom. The monoisotopic (exact) mass is 462 g/mol. The highest BCUT2D eigenvalue weighted by Crippen LogP contribution is 2.35. The zero-order valence-electron chi connectivity index (χ0n) is 15.7. The SMILES string of the molecule is N=C1/C(=C/c2ccc(OC(=O)c3ccccc3F)cc2)C(=O)N=C2SC(C(F)(F)F)=NN12. The van der Waals surface area contributed by atoms with Crippen molar-refractivity contribution in [1.29, 1.82) is 5.41 Å². The molecule has 162 valence electrons. The van der Waals surface area contributed by atoms with Crippen LogP contribution in [0.2, 0.25) is 0 Å². The minimum atomic E-state index is -4.73. The molecule has 2 aliphatic rings. The molecule has 0 bridgehead atoms. The summed E-state index contributed by atoms with van der Waals surface area (Å²) in [6, 6.07) is 11.0. The second-order valence-corrected chi connectivity index (χ2v) is 7.32. The Kier molecular flexibility index (Phi) is 5.38. The average Bonchev–Trinajstić information content (AvgIpc) is 3.17. The van der Waals surface area contributed by atoms with E-state index in [0.717, 1.165) is 6.07 Å². The molecule has 7 nitrogen and oxygen atoms in total. The number of carbonyl (C=O) groups is 2. The number of hydrogen-bond acceptors (Lipinski definition) is 6. The Bertz CT molecular complexity index is 1240. The van der Waals surface area contributed by atoms with E-state index in [4.69, 9.17) is 10.1 Å². The van der Waals surface area contributed by atoms with Gasteiger partial charge in [0.2, 0.25) is 10.2 Å². The molecule has 0 saturated heterocycles. The fourth-order valence-electron chi connectivity index (χ4n) is 2.69. The highest BCUT2D eigenvalue weighted by molar-refractivity contribution is 8.27. The zero-order chi connectivity index (χ0) is 23.0. The lowest BCUT2D eigenvalue weighted by atomic mass is 10.1. The number of thioether (sulfide) groups is 1. The molecule has 0 unspecified atom stereocenters. The van der Waals surface area contributed by atoms with Crippen molar-refractivity contribution >= 4 is 45.8 Å². The number of aliphatic imine (C=N–C) groups is 1. The van der Waals surface area contributed by atoms with Crippen LogP contribution in [0.25, 0.3) is 6.08 Å². The van der Waals surface area contributed by atoms with E-state index in [-0.39, 0.29) is 33.8 Å². The molecule has 2 aliphatic heterocycles. The molecule has 4 rings (SSSR count). The Hall–Kier alpha value is -3.80. The molecule has 0 aromatic heterocycles. The first-order valence-corrected chi connectivity index (χ1v) is 9.59. The maximum atomic E-state index is 13.7. The van der Waals surface area contributed by atoms with Gasteiger partial charge in [-0.3, -0.25) is 10.2 Å². The number of esters is 1. The van der Waals surface area contributed by atoms with E-state index in [1.165, 1.54) is 48.5 Å². The molecule has 1 amide bonds. The van der Waals surface area contributed by atoms with Crippen LogP contribution in [0.15, 0.2) is 64.2 Å². The second kappa shape index (κ2) is 8.04. The molecule has 32 heavy (non-hydrogen) atoms. The summed E-state index contributed by atoms with van der Waals surface area (Å²) in [7, 11) is 0. The van der Waals surface area contributed by atoms with Gasteiger partial charge in [-0.05, 0) is 47.7 Å². The third-order valence-electron chi connectivity index (χ3n) is 4.19. The van der Waals surface area contributed by atoms with Crippen molar-refractivity contribution in [2.45, 2.75) is 6.18 Å². The van der Waals surface area contributed by atoms with Crippen molar-refractivity contribution in [3.8, 4) is 5.75 Å². The Morgan fingerprint density at radius 2 is 1.81 bits per heavy atom. The third kappa shape index (κ3) is 4.17. The summed E-state index contributed by atoms with van der Waals surface area (Å²) in [6.07, 6.45) is -3.48. The maximum Gasteiger partial charge on any atom is 0.441 e. The maximum absolute atomic E-state index is 13.7. The van der Waals surface area contributed by atoms with E-state index >= 15 is 0 Å². The predicted octanol–water partition coefficient (Wildman–Crippen LogP) is 4.23. The number of nitrogens with zero attached hydrogens (tertiary/aromatic N) is 3. The van der Waals surface area contributed by atoms with Crippen LogP contribution in [0.4, 0.5) is 17.6 Å². The van der Waals surface area contributed by atoms with Gasteiger partial charge < -0.3 is 4.74 Å². The molecule has 2 aromatic carbocycles. The smallest absolute Gasteiger partial charge is 0.423 e. The van der Waals surface area contributed by atoms with Crippen LogP contribution in [0.3, 0.4) is 0 Å². The lowest BCUT2D eigenvalue weighted by Gasteiger charge is -2.20. The Morgan fingerprint density at radius 1 is 1.12 bits per heavy atom. The fraction of sp³-hybridized carbons (Fsp3) is 0.0500. The van der Waals surface area contributed by atoms with Gasteiger partial charge in [-0.2, -0.15) is 28.3 Å². The molecule has 0 spiro atoms. The van der Waals surface area contributed by atoms with Crippen LogP contribution in [-0.2, 0) is 4.79 Å². The first-order valence-electron chi connectivity index (χ1n) is 8.77. The van der Waals surface area contributed by atoms with E-state index in [1.54, 1.807) is 0 Å². The summed E-state index contributed by atoms with van der Waals surface area (Å²) in [5.74, 6) is -2.97. The quantitative estimate of drug-likeness (QED) is 0.319. The van der Waals surface area contributed by atoms with Crippen LogP contribution in [0.1, 0.15) is 15.9 Å². The van der Waals surface area contributed by atoms with Crippen LogP contribution >= 0.6 is 11.8 Å². The third-order valence-corrected chi connectivity index (χ3v) is 5.15. The molecule has 1 N–H and O–H groups in total. The molecule has 0 aliphatic carbocycles. The van der Waals surface area contributed by atoms with E-state index in [1.807, 2.05) is 0 Å². The first kappa shape index (κ1) is 21.4. The topological polar surface area (TPSA) is 95.2 Å². The van der Waals surface area contributed by atoms with Crippen molar-refractivity contribution < 1.29 is 31.9 Å². The lowest BCUT2D eigenvalue weighted by molar-refractivity contribution is -0.114. The van der Waals surface area contributed by atoms with Crippen molar-refractivity contribution in [1.82, 2.24) is 5.01 Å². The summed E-state index contributed by atoms with van der Waals surface area (Å²) >= 11 is 0.161. The number of carbonyl (C=O) groups excluding carboxylic acids is 2. The number of fused-ring (bicyclic) bond motifs is 1. The summed E-state index contributed by atoms with van der Waals surface area (Å²) in [5, 5.41) is 10.5. The first-order chi connectivity index (χ1) is 15.1. The number of ether oxygens (including phenoxy) is 1. The van der Waals surface area contributed by atoms with E-state index in [9.17, 15) is 27.2 Å². The number of nitrogens with one attached hydrogen (secondary N) is 1. The van der Waals surface area contributed by atoms with Gasteiger partial charge in [0.05, 0.1) is 11.1 Å². The van der Waals surface area contributed by atoms with Gasteiger partial charge in [0.25, 0.3) is 5.91 Å². The number of alkyl halides is 3. The van der Waals surface area contributed by atoms with Crippen molar-refractivity contribution in [3.05, 3.63) is 71.0 Å². The normalized spacial score (nSPS) is 17.2. The number of halogens is 4. The minimum Gasteiger partial charge on any atom is -0.423 e. The van der Waals surface area contributed by atoms with Crippen molar-refractivity contribution in [2.24, 2.45) is 10.1 Å². The zero-order valence-corrected chi connectivity index (χ0v) is 16.5. The summed E-state index contributed by atoms with van der Waals surface area (Å²) < 4.78 is 57.4. The molecular weight excluding hydrogens is 452 g/mol. The van der Waals surface area contributed by atoms with E-state index in [0.29, 0.717) is 10.6 Å². The number of hydrazone groups is 1. The lowest BCUT2D eigenvalue weighted by Crippen LogP contribution is -2.35. The van der Waals surface area contributed by atoms with Gasteiger partial charge in [-0.1, -0.05) is 24.3 Å². The van der Waals surface area contributed by atoms with Crippen LogP contribution in [0, 0.1) is 11.2 Å². The highest BCUT2D eigenvalue weighted by atomic mass is 32.2. The number of rotatable bonds is 3. The Balaban J connectivity index is 1.53. The average molecular weight is 462 g/mol. The van der Waals surface area contributed by atoms with E-state index < -0.39 is 34.7 Å². The van der Waals surface area contributed by atoms with Gasteiger partial charge in [0.15, 0.2) is 5.84 Å². The Labute approximate surface area is 181 Å². The summed E-state index contributed by atoms with van der Waals surface area (Å²) in [5.41, 5.74) is -0.122. The molecule has 0 radical (unpaired) electrons. The minimum absolute atomic E-state index is 0.0983. The molecule has 2 heterocycles. The van der Waals surface area contributed by atoms with Gasteiger partial charge in [0.1, 0.15) is 11.6 Å². The number of hydrogen-bond donors (Lipinski definition) is 1. The van der Waals surface area contributed by atoms with Gasteiger partial charge >= 0.3 is 12.1 Å². The summed E-state index contributed by atoms with van der Waals surface area (Å²) in [4.78, 5) is 27.9. The number of amides is 1. The molecule has 2 aromatic rings. The van der Waals surface area contributed by atoms with Crippen LogP contribution in [0.5, 0.6) is 5.75 Å². The van der Waals surface area contributed by atoms with Crippen LogP contribution < -0.4 is 4.74 Å². The number of amidine groups is 2. The largest absolute Gasteiger partial charge is 0.441 e. The van der Waals surface area contributed by atoms with Crippen molar-refractivity contribution in [2.75, 3.05) is 0 Å². The van der Waals surface area contributed by atoms with Crippen LogP contribution in [-0.4, -0.2) is 39.1 Å². The highest BCUT2D eigenvalue weighted by Gasteiger charge is 2.46. The van der Waals surface area contributed by atoms with Gasteiger partial charge in [-0.25, -0.2) is 9.18 Å². The van der Waals surface area contributed by atoms with Gasteiger partial charge in [0, 0.05) is 0 Å². The van der Waals surface area contributed by atoms with Crippen molar-refractivity contribution in [3.63, 3.8) is 0 Å². The van der Waals surface area contributed by atoms with E-state index in [2.05, 4.69) is 10.1 Å². The second-order valence-electron chi connectivity index (χ2n) is 6.36. The molecule has 0 fully saturated rings. The molecule has 12 heteroatoms.